The van der Waals surface area contributed by atoms with E-state index in [0.717, 1.165) is 5.92 Å². The van der Waals surface area contributed by atoms with Crippen LogP contribution in [0.4, 0.5) is 0 Å². The van der Waals surface area contributed by atoms with E-state index < -0.39 is 0 Å². The molecule has 2 nitrogen and oxygen atoms in total. The Labute approximate surface area is 243 Å². The predicted molar refractivity (Wildman–Crippen MR) is 170 cm³/mol. The molecule has 2 aliphatic rings. The Morgan fingerprint density at radius 3 is 1.75 bits per heavy atom. The van der Waals surface area contributed by atoms with Crippen LogP contribution in [0.1, 0.15) is 108 Å². The van der Waals surface area contributed by atoms with Gasteiger partial charge in [0.15, 0.2) is 0 Å². The van der Waals surface area contributed by atoms with E-state index in [9.17, 15) is 0 Å². The van der Waals surface area contributed by atoms with Gasteiger partial charge in [-0.2, -0.15) is 4.57 Å². The van der Waals surface area contributed by atoms with E-state index >= 15 is 0 Å². The lowest BCUT2D eigenvalue weighted by molar-refractivity contribution is -0.659. The van der Waals surface area contributed by atoms with Gasteiger partial charge in [-0.15, -0.1) is 0 Å². The van der Waals surface area contributed by atoms with Crippen molar-refractivity contribution in [1.82, 2.24) is 4.57 Å². The minimum absolute atomic E-state index is 0.615. The Bertz CT molecular complexity index is 1330. The normalized spacial score (nSPS) is 16.5. The van der Waals surface area contributed by atoms with Crippen LogP contribution in [0.2, 0.25) is 0 Å². The first-order valence-electron chi connectivity index (χ1n) is 15.9. The Morgan fingerprint density at radius 2 is 1.18 bits per heavy atom. The zero-order valence-electron chi connectivity index (χ0n) is 25.3. The summed E-state index contributed by atoms with van der Waals surface area (Å²) in [5, 5.41) is 0. The lowest BCUT2D eigenvalue weighted by Gasteiger charge is -2.30. The van der Waals surface area contributed by atoms with Crippen LogP contribution < -0.4 is 4.57 Å². The topological polar surface area (TPSA) is 8.81 Å². The fraction of sp³-hybridized carbons (Fsp3) is 0.447. The fourth-order valence-corrected chi connectivity index (χ4v) is 6.90. The highest BCUT2D eigenvalue weighted by Crippen LogP contribution is 2.46. The van der Waals surface area contributed by atoms with Gasteiger partial charge in [0.2, 0.25) is 0 Å². The second-order valence-corrected chi connectivity index (χ2v) is 12.7. The molecule has 0 unspecified atom stereocenters. The minimum Gasteiger partial charge on any atom is -0.232 e. The Balaban J connectivity index is 0.000000758. The standard InChI is InChI=1S/C34H39N2.C4H10/c1-35-24-25-36(34(35)29-20-12-5-13-21-29)33-31(27-16-8-3-9-17-27)23-22-30(26-14-6-2-7-15-26)32(33)28-18-10-4-11-19-28;1-4(2)3/h2,5-7,12-15,20-25,27-28H,3-4,8-11,16-19H2,1H3;4H,1-3H3/q+1;. The third-order valence-corrected chi connectivity index (χ3v) is 8.67. The van der Waals surface area contributed by atoms with E-state index in [1.54, 1.807) is 11.1 Å². The number of imidazole rings is 1. The van der Waals surface area contributed by atoms with Crippen molar-refractivity contribution in [2.75, 3.05) is 0 Å². The molecule has 0 N–H and O–H groups in total. The lowest BCUT2D eigenvalue weighted by atomic mass is 9.75. The van der Waals surface area contributed by atoms with Gasteiger partial charge in [-0.25, -0.2) is 4.57 Å². The summed E-state index contributed by atoms with van der Waals surface area (Å²) in [5.74, 6) is 3.37. The van der Waals surface area contributed by atoms with Crippen molar-refractivity contribution in [3.63, 3.8) is 0 Å². The van der Waals surface area contributed by atoms with E-state index in [0.29, 0.717) is 11.8 Å². The van der Waals surface area contributed by atoms with Crippen LogP contribution in [-0.4, -0.2) is 4.57 Å². The summed E-state index contributed by atoms with van der Waals surface area (Å²) in [4.78, 5) is 0. The molecule has 0 radical (unpaired) electrons. The van der Waals surface area contributed by atoms with E-state index in [1.165, 1.54) is 92.4 Å². The summed E-state index contributed by atoms with van der Waals surface area (Å²) >= 11 is 0. The molecule has 0 bridgehead atoms. The fourth-order valence-electron chi connectivity index (χ4n) is 6.90. The predicted octanol–water partition coefficient (Wildman–Crippen LogP) is 10.4. The smallest absolute Gasteiger partial charge is 0.232 e. The van der Waals surface area contributed by atoms with Gasteiger partial charge in [-0.3, -0.25) is 0 Å². The number of hydrogen-bond acceptors (Lipinski definition) is 0. The SMILES string of the molecule is CC(C)C.C[n+]1ccn(-c2c(C3CCCCC3)ccc(-c3ccccc3)c2C2CCCCC2)c1-c1ccccc1. The molecule has 1 heterocycles. The summed E-state index contributed by atoms with van der Waals surface area (Å²) in [7, 11) is 2.19. The van der Waals surface area contributed by atoms with Crippen LogP contribution in [0.3, 0.4) is 0 Å². The first kappa shape index (κ1) is 28.4. The lowest BCUT2D eigenvalue weighted by Crippen LogP contribution is -2.29. The van der Waals surface area contributed by atoms with Crippen LogP contribution in [0.5, 0.6) is 0 Å². The molecule has 2 fully saturated rings. The summed E-state index contributed by atoms with van der Waals surface area (Å²) < 4.78 is 4.86. The molecule has 0 spiro atoms. The van der Waals surface area contributed by atoms with Crippen LogP contribution in [0, 0.1) is 5.92 Å². The second-order valence-electron chi connectivity index (χ2n) is 12.7. The quantitative estimate of drug-likeness (QED) is 0.226. The molecule has 0 atom stereocenters. The molecule has 2 aliphatic carbocycles. The molecule has 2 heteroatoms. The number of benzene rings is 3. The molecule has 210 valence electrons. The average molecular weight is 534 g/mol. The van der Waals surface area contributed by atoms with Gasteiger partial charge < -0.3 is 0 Å². The first-order chi connectivity index (χ1) is 19.5. The molecule has 1 aromatic heterocycles. The minimum atomic E-state index is 0.615. The number of nitrogens with zero attached hydrogens (tertiary/aromatic N) is 2. The van der Waals surface area contributed by atoms with Gasteiger partial charge in [-0.1, -0.05) is 120 Å². The maximum atomic E-state index is 2.55. The van der Waals surface area contributed by atoms with Crippen molar-refractivity contribution in [1.29, 1.82) is 0 Å². The van der Waals surface area contributed by atoms with Crippen molar-refractivity contribution in [2.24, 2.45) is 13.0 Å². The van der Waals surface area contributed by atoms with Gasteiger partial charge in [-0.05, 0) is 66.7 Å². The summed E-state index contributed by atoms with van der Waals surface area (Å²) in [6, 6.07) is 27.1. The zero-order valence-corrected chi connectivity index (χ0v) is 25.3. The number of hydrogen-bond donors (Lipinski definition) is 0. The highest BCUT2D eigenvalue weighted by atomic mass is 15.1. The second kappa shape index (κ2) is 13.5. The highest BCUT2D eigenvalue weighted by molar-refractivity contribution is 5.75. The van der Waals surface area contributed by atoms with Gasteiger partial charge in [0, 0.05) is 11.1 Å². The number of aromatic nitrogens is 2. The van der Waals surface area contributed by atoms with Crippen molar-refractivity contribution >= 4 is 0 Å². The molecule has 40 heavy (non-hydrogen) atoms. The molecule has 6 rings (SSSR count). The summed E-state index contributed by atoms with van der Waals surface area (Å²) in [5.41, 5.74) is 8.72. The monoisotopic (exact) mass is 533 g/mol. The Kier molecular flexibility index (Phi) is 9.57. The molecule has 0 amide bonds. The average Bonchev–Trinajstić information content (AvgIpc) is 3.38. The Hall–Kier alpha value is -3.13. The van der Waals surface area contributed by atoms with Gasteiger partial charge in [0.1, 0.15) is 18.1 Å². The van der Waals surface area contributed by atoms with E-state index in [2.05, 4.69) is 122 Å². The van der Waals surface area contributed by atoms with Crippen molar-refractivity contribution in [3.05, 3.63) is 96.3 Å². The van der Waals surface area contributed by atoms with E-state index in [1.807, 2.05) is 0 Å². The molecule has 4 aromatic rings. The number of rotatable bonds is 5. The van der Waals surface area contributed by atoms with Crippen LogP contribution in [-0.2, 0) is 7.05 Å². The van der Waals surface area contributed by atoms with Gasteiger partial charge in [0.25, 0.3) is 5.82 Å². The van der Waals surface area contributed by atoms with Crippen molar-refractivity contribution < 1.29 is 4.57 Å². The molecule has 0 aliphatic heterocycles. The highest BCUT2D eigenvalue weighted by Gasteiger charge is 2.33. The third-order valence-electron chi connectivity index (χ3n) is 8.67. The van der Waals surface area contributed by atoms with Crippen molar-refractivity contribution in [3.8, 4) is 28.2 Å². The van der Waals surface area contributed by atoms with Gasteiger partial charge in [0.05, 0.1) is 12.6 Å². The number of aryl methyl sites for hydroxylation is 1. The van der Waals surface area contributed by atoms with Crippen LogP contribution in [0.15, 0.2) is 85.2 Å². The van der Waals surface area contributed by atoms with Gasteiger partial charge >= 0.3 is 0 Å². The molecule has 0 saturated heterocycles. The van der Waals surface area contributed by atoms with Crippen molar-refractivity contribution in [2.45, 2.75) is 96.8 Å². The van der Waals surface area contributed by atoms with E-state index in [4.69, 9.17) is 0 Å². The molecular formula is C38H49N2+. The maximum absolute atomic E-state index is 2.55. The van der Waals surface area contributed by atoms with E-state index in [-0.39, 0.29) is 0 Å². The first-order valence-corrected chi connectivity index (χ1v) is 15.9. The third kappa shape index (κ3) is 6.43. The largest absolute Gasteiger partial charge is 0.293 e. The van der Waals surface area contributed by atoms with Crippen LogP contribution >= 0.6 is 0 Å². The van der Waals surface area contributed by atoms with Crippen LogP contribution in [0.25, 0.3) is 28.2 Å². The zero-order chi connectivity index (χ0) is 27.9. The molecular weight excluding hydrogens is 484 g/mol. The molecule has 3 aromatic carbocycles. The Morgan fingerprint density at radius 1 is 0.650 bits per heavy atom. The molecule has 2 saturated carbocycles. The summed E-state index contributed by atoms with van der Waals surface area (Å²) in [6.07, 6.45) is 18.0. The maximum Gasteiger partial charge on any atom is 0.293 e. The summed E-state index contributed by atoms with van der Waals surface area (Å²) in [6.45, 7) is 6.50.